The first-order chi connectivity index (χ1) is 32.3. The molecular formula is C48H52ClN9O8S. The van der Waals surface area contributed by atoms with Gasteiger partial charge in [-0.2, -0.15) is 5.10 Å². The fraction of sp³-hybridized carbons (Fsp3) is 0.396. The van der Waals surface area contributed by atoms with Crippen molar-refractivity contribution in [3.05, 3.63) is 117 Å². The number of hydrogen-bond acceptors (Lipinski definition) is 13. The van der Waals surface area contributed by atoms with Crippen molar-refractivity contribution in [2.24, 2.45) is 5.41 Å². The summed E-state index contributed by atoms with van der Waals surface area (Å²) in [6.45, 7) is 11.8. The minimum absolute atomic E-state index is 0.0245. The number of aromatic nitrogens is 4. The highest BCUT2D eigenvalue weighted by molar-refractivity contribution is 7.90. The van der Waals surface area contributed by atoms with Gasteiger partial charge >= 0.3 is 5.69 Å². The number of benzene rings is 3. The number of piperazine rings is 1. The molecule has 3 aromatic carbocycles. The Morgan fingerprint density at radius 2 is 1.84 bits per heavy atom. The maximum Gasteiger partial charge on any atom is 0.312 e. The lowest BCUT2D eigenvalue weighted by Gasteiger charge is -2.41. The number of anilines is 1. The Bertz CT molecular complexity index is 3000. The molecule has 0 spiro atoms. The van der Waals surface area contributed by atoms with Crippen LogP contribution in [0, 0.1) is 15.5 Å². The molecule has 0 radical (unpaired) electrons. The van der Waals surface area contributed by atoms with Gasteiger partial charge in [0.15, 0.2) is 5.75 Å². The molecule has 1 amide bonds. The molecule has 0 bridgehead atoms. The lowest BCUT2D eigenvalue weighted by molar-refractivity contribution is -0.386. The van der Waals surface area contributed by atoms with Gasteiger partial charge in [-0.3, -0.25) is 24.7 Å². The maximum atomic E-state index is 14.3. The van der Waals surface area contributed by atoms with Crippen LogP contribution in [0.5, 0.6) is 5.75 Å². The van der Waals surface area contributed by atoms with Gasteiger partial charge in [0, 0.05) is 74.2 Å². The van der Waals surface area contributed by atoms with Crippen LogP contribution in [0.15, 0.2) is 95.7 Å². The van der Waals surface area contributed by atoms with E-state index in [4.69, 9.17) is 30.8 Å². The minimum Gasteiger partial charge on any atom is -0.484 e. The normalized spacial score (nSPS) is 19.7. The summed E-state index contributed by atoms with van der Waals surface area (Å²) < 4.78 is 48.6. The van der Waals surface area contributed by atoms with E-state index in [1.807, 2.05) is 36.4 Å². The van der Waals surface area contributed by atoms with E-state index in [-0.39, 0.29) is 29.4 Å². The second-order valence-electron chi connectivity index (χ2n) is 18.6. The Balaban J connectivity index is 0.889. The predicted molar refractivity (Wildman–Crippen MR) is 255 cm³/mol. The van der Waals surface area contributed by atoms with Crippen molar-refractivity contribution < 1.29 is 32.3 Å². The smallest absolute Gasteiger partial charge is 0.312 e. The van der Waals surface area contributed by atoms with Crippen LogP contribution in [0.2, 0.25) is 5.02 Å². The number of fused-ring (bicyclic) bond motifs is 2. The van der Waals surface area contributed by atoms with Gasteiger partial charge < -0.3 is 24.1 Å². The summed E-state index contributed by atoms with van der Waals surface area (Å²) in [7, 11) is -4.63. The molecule has 3 fully saturated rings. The van der Waals surface area contributed by atoms with Gasteiger partial charge in [-0.1, -0.05) is 43.2 Å². The van der Waals surface area contributed by atoms with Gasteiger partial charge in [-0.05, 0) is 90.4 Å². The highest BCUT2D eigenvalue weighted by Gasteiger charge is 2.33. The largest absolute Gasteiger partial charge is 0.484 e. The van der Waals surface area contributed by atoms with Crippen molar-refractivity contribution in [2.75, 3.05) is 77.1 Å². The van der Waals surface area contributed by atoms with E-state index >= 15 is 0 Å². The summed E-state index contributed by atoms with van der Waals surface area (Å²) in [6.07, 6.45) is 6.22. The van der Waals surface area contributed by atoms with Gasteiger partial charge in [0.05, 0.1) is 58.6 Å². The fourth-order valence-corrected chi connectivity index (χ4v) is 10.7. The third-order valence-corrected chi connectivity index (χ3v) is 15.0. The molecule has 67 heavy (non-hydrogen) atoms. The van der Waals surface area contributed by atoms with E-state index in [2.05, 4.69) is 55.5 Å². The maximum absolute atomic E-state index is 14.3. The molecule has 2 N–H and O–H groups in total. The molecule has 6 aromatic rings. The molecule has 1 atom stereocenters. The van der Waals surface area contributed by atoms with Crippen molar-refractivity contribution in [2.45, 2.75) is 50.2 Å². The van der Waals surface area contributed by atoms with Crippen LogP contribution in [0.1, 0.15) is 49.0 Å². The number of carbonyl (C=O) groups excluding carboxylic acids is 1. The van der Waals surface area contributed by atoms with E-state index in [0.717, 1.165) is 80.7 Å². The van der Waals surface area contributed by atoms with Crippen LogP contribution < -0.4 is 14.4 Å². The number of hydrogen-bond donors (Lipinski definition) is 2. The average molecular weight is 951 g/mol. The lowest BCUT2D eigenvalue weighted by Crippen LogP contribution is -2.56. The number of allylic oxidation sites excluding steroid dienone is 1. The monoisotopic (exact) mass is 949 g/mol. The van der Waals surface area contributed by atoms with Crippen molar-refractivity contribution in [1.29, 1.82) is 0 Å². The fourth-order valence-electron chi connectivity index (χ4n) is 9.55. The molecule has 6 heterocycles. The number of nitro groups is 1. The first kappa shape index (κ1) is 44.9. The second kappa shape index (κ2) is 18.3. The van der Waals surface area contributed by atoms with Crippen LogP contribution in [0.4, 0.5) is 11.4 Å². The van der Waals surface area contributed by atoms with E-state index in [9.17, 15) is 23.3 Å². The summed E-state index contributed by atoms with van der Waals surface area (Å²) in [4.78, 5) is 40.2. The van der Waals surface area contributed by atoms with E-state index in [0.29, 0.717) is 54.8 Å². The SMILES string of the molecule is CC1(C)CCC(CN2CCN(c3ccc(C(=O)NS(=O)(=O)c4ccc(OC[C@H]5CN(C6COC6)CCO5)c([N+](=O)[O-])c4)c(-n4ncc5nc6[nH]ccc6cc54)c3)CC2)=C(c2ccc(Cl)cc2)C1. The van der Waals surface area contributed by atoms with Gasteiger partial charge in [0.1, 0.15) is 23.9 Å². The van der Waals surface area contributed by atoms with Gasteiger partial charge in [0.2, 0.25) is 0 Å². The molecule has 1 aliphatic carbocycles. The van der Waals surface area contributed by atoms with Crippen molar-refractivity contribution in [1.82, 2.24) is 34.3 Å². The van der Waals surface area contributed by atoms with E-state index < -0.39 is 31.4 Å². The zero-order chi connectivity index (χ0) is 46.5. The van der Waals surface area contributed by atoms with E-state index in [1.165, 1.54) is 28.8 Å². The first-order valence-corrected chi connectivity index (χ1v) is 24.5. The zero-order valence-corrected chi connectivity index (χ0v) is 38.9. The Labute approximate surface area is 392 Å². The summed E-state index contributed by atoms with van der Waals surface area (Å²) >= 11 is 6.26. The number of pyridine rings is 1. The third kappa shape index (κ3) is 9.51. The first-order valence-electron chi connectivity index (χ1n) is 22.6. The molecule has 3 aromatic heterocycles. The van der Waals surface area contributed by atoms with Crippen LogP contribution in [0.3, 0.4) is 0 Å². The molecule has 17 nitrogen and oxygen atoms in total. The predicted octanol–water partition coefficient (Wildman–Crippen LogP) is 6.85. The molecule has 0 unspecified atom stereocenters. The molecule has 3 aliphatic heterocycles. The second-order valence-corrected chi connectivity index (χ2v) is 20.7. The van der Waals surface area contributed by atoms with Gasteiger partial charge in [-0.25, -0.2) is 22.8 Å². The summed E-state index contributed by atoms with van der Waals surface area (Å²) in [5.41, 5.74) is 6.81. The minimum atomic E-state index is -4.63. The number of amides is 1. The number of ether oxygens (including phenoxy) is 3. The molecule has 3 saturated heterocycles. The number of morpholine rings is 1. The average Bonchev–Trinajstić information content (AvgIpc) is 3.94. The standard InChI is InChI=1S/C48H52ClN9O8S/c1-48(2)13-11-33(40(24-48)31-3-5-34(49)6-4-31)26-54-15-17-55(18-16-54)35-7-9-39(42(22-35)57-43-21-32-12-14-50-46(32)52-41(43)25-51-57)47(59)53-67(62,63)38-8-10-45(44(23-38)58(60)61)66-30-37-27-56(19-20-65-37)36-28-64-29-36/h3-10,12,14,21-23,25,36-37H,11,13,15-20,24,26-30H2,1-2H3,(H,50,52)(H,53,59)/t37-/m1/s1. The number of sulfonamides is 1. The summed E-state index contributed by atoms with van der Waals surface area (Å²) in [5, 5.41) is 18.5. The Kier molecular flexibility index (Phi) is 12.3. The number of aromatic amines is 1. The number of H-pyrrole nitrogens is 1. The van der Waals surface area contributed by atoms with Crippen molar-refractivity contribution in [3.63, 3.8) is 0 Å². The number of halogens is 1. The highest BCUT2D eigenvalue weighted by atomic mass is 35.5. The van der Waals surface area contributed by atoms with Crippen LogP contribution >= 0.6 is 11.6 Å². The molecule has 0 saturated carbocycles. The third-order valence-electron chi connectivity index (χ3n) is 13.4. The van der Waals surface area contributed by atoms with Crippen LogP contribution in [0.25, 0.3) is 33.3 Å². The van der Waals surface area contributed by atoms with E-state index in [1.54, 1.807) is 23.1 Å². The summed E-state index contributed by atoms with van der Waals surface area (Å²) in [5.74, 6) is -1.06. The zero-order valence-electron chi connectivity index (χ0n) is 37.3. The Hall–Kier alpha value is -5.89. The number of nitro benzene ring substituents is 1. The number of nitrogens with one attached hydrogen (secondary N) is 2. The molecular weight excluding hydrogens is 898 g/mol. The molecule has 10 rings (SSSR count). The molecule has 19 heteroatoms. The number of rotatable bonds is 13. The van der Waals surface area contributed by atoms with Crippen molar-refractivity contribution in [3.8, 4) is 11.4 Å². The topological polar surface area (TPSA) is 190 Å². The van der Waals surface area contributed by atoms with Gasteiger partial charge in [0.25, 0.3) is 15.9 Å². The van der Waals surface area contributed by atoms with Crippen molar-refractivity contribution >= 4 is 66.5 Å². The number of carbonyl (C=O) groups is 1. The quantitative estimate of drug-likeness (QED) is 0.0905. The lowest BCUT2D eigenvalue weighted by atomic mass is 9.72. The van der Waals surface area contributed by atoms with Crippen LogP contribution in [-0.2, 0) is 19.5 Å². The summed E-state index contributed by atoms with van der Waals surface area (Å²) in [6, 6.07) is 20.8. The molecule has 4 aliphatic rings. The Morgan fingerprint density at radius 1 is 1.03 bits per heavy atom. The number of nitrogens with zero attached hydrogens (tertiary/aromatic N) is 7. The van der Waals surface area contributed by atoms with Crippen LogP contribution in [-0.4, -0.2) is 133 Å². The highest BCUT2D eigenvalue weighted by Crippen LogP contribution is 2.43. The molecule has 350 valence electrons. The Morgan fingerprint density at radius 3 is 2.60 bits per heavy atom. The van der Waals surface area contributed by atoms with Gasteiger partial charge in [-0.15, -0.1) is 0 Å².